The summed E-state index contributed by atoms with van der Waals surface area (Å²) in [5.41, 5.74) is 4.00. The van der Waals surface area contributed by atoms with Crippen molar-refractivity contribution < 1.29 is 17.9 Å². The number of rotatable bonds is 10. The predicted molar refractivity (Wildman–Crippen MR) is 120 cm³/mol. The van der Waals surface area contributed by atoms with Crippen LogP contribution in [-0.4, -0.2) is 27.0 Å². The molecule has 0 aliphatic carbocycles. The van der Waals surface area contributed by atoms with Crippen LogP contribution < -0.4 is 14.8 Å². The fourth-order valence-electron chi connectivity index (χ4n) is 3.16. The lowest BCUT2D eigenvalue weighted by Gasteiger charge is -2.13. The van der Waals surface area contributed by atoms with Gasteiger partial charge in [0.25, 0.3) is 5.91 Å². The second-order valence-corrected chi connectivity index (χ2v) is 9.84. The summed E-state index contributed by atoms with van der Waals surface area (Å²) in [4.78, 5) is 12.1. The molecule has 164 valence electrons. The Kier molecular flexibility index (Phi) is 8.43. The summed E-state index contributed by atoms with van der Waals surface area (Å²) in [5, 5.41) is 2.81. The van der Waals surface area contributed by atoms with Crippen LogP contribution in [0.5, 0.6) is 5.75 Å². The Labute approximate surface area is 180 Å². The normalized spacial score (nSPS) is 11.7. The minimum Gasteiger partial charge on any atom is -0.484 e. The number of carbonyl (C=O) groups excluding carboxylic acids is 1. The highest BCUT2D eigenvalue weighted by atomic mass is 32.2. The fraction of sp³-hybridized carbons (Fsp3) is 0.435. The molecular formula is C23H32N2O4S. The first-order valence-electron chi connectivity index (χ1n) is 10.1. The Morgan fingerprint density at radius 1 is 1.00 bits per heavy atom. The molecular weight excluding hydrogens is 400 g/mol. The molecule has 0 bridgehead atoms. The number of ether oxygens (including phenoxy) is 1. The van der Waals surface area contributed by atoms with E-state index < -0.39 is 10.0 Å². The third-order valence-electron chi connectivity index (χ3n) is 4.52. The van der Waals surface area contributed by atoms with Gasteiger partial charge in [0, 0.05) is 12.6 Å². The van der Waals surface area contributed by atoms with Crippen molar-refractivity contribution in [1.82, 2.24) is 10.0 Å². The van der Waals surface area contributed by atoms with E-state index in [2.05, 4.69) is 23.9 Å². The summed E-state index contributed by atoms with van der Waals surface area (Å²) in [6.45, 7) is 10.2. The second kappa shape index (κ2) is 10.6. The van der Waals surface area contributed by atoms with Crippen LogP contribution in [0.1, 0.15) is 55.9 Å². The number of nitrogens with one attached hydrogen (secondary N) is 2. The molecule has 1 amide bonds. The number of aryl methyl sites for hydroxylation is 1. The number of benzene rings is 2. The lowest BCUT2D eigenvalue weighted by Crippen LogP contribution is -2.31. The van der Waals surface area contributed by atoms with Gasteiger partial charge in [0.05, 0.1) is 5.75 Å². The average molecular weight is 433 g/mol. The van der Waals surface area contributed by atoms with Crippen molar-refractivity contribution in [2.45, 2.75) is 58.9 Å². The van der Waals surface area contributed by atoms with Crippen molar-refractivity contribution in [3.05, 3.63) is 64.7 Å². The largest absolute Gasteiger partial charge is 0.484 e. The number of sulfonamides is 1. The Bertz CT molecular complexity index is 952. The molecule has 2 aromatic carbocycles. The standard InChI is InChI=1S/C23H32N2O4S/c1-16(2)22-11-10-21(12-18(22)5)29-14-23(26)24-13-19-6-8-20(9-7-19)15-30(27,28)25-17(3)4/h6-12,16-17,25H,13-15H2,1-5H3,(H,24,26). The van der Waals surface area contributed by atoms with E-state index in [1.165, 1.54) is 5.56 Å². The van der Waals surface area contributed by atoms with Gasteiger partial charge < -0.3 is 10.1 Å². The van der Waals surface area contributed by atoms with E-state index in [0.717, 1.165) is 11.1 Å². The third-order valence-corrected chi connectivity index (χ3v) is 6.06. The molecule has 0 radical (unpaired) electrons. The summed E-state index contributed by atoms with van der Waals surface area (Å²) >= 11 is 0. The zero-order valence-corrected chi connectivity index (χ0v) is 19.2. The van der Waals surface area contributed by atoms with Gasteiger partial charge in [0.1, 0.15) is 5.75 Å². The SMILES string of the molecule is Cc1cc(OCC(=O)NCc2ccc(CS(=O)(=O)NC(C)C)cc2)ccc1C(C)C. The highest BCUT2D eigenvalue weighted by Gasteiger charge is 2.13. The fourth-order valence-corrected chi connectivity index (χ4v) is 4.59. The Morgan fingerprint density at radius 2 is 1.63 bits per heavy atom. The number of hydrogen-bond acceptors (Lipinski definition) is 4. The van der Waals surface area contributed by atoms with E-state index in [-0.39, 0.29) is 24.3 Å². The predicted octanol–water partition coefficient (Wildman–Crippen LogP) is 3.64. The first-order valence-corrected chi connectivity index (χ1v) is 11.8. The van der Waals surface area contributed by atoms with Gasteiger partial charge in [-0.25, -0.2) is 13.1 Å². The zero-order valence-electron chi connectivity index (χ0n) is 18.4. The van der Waals surface area contributed by atoms with Crippen LogP contribution in [0.2, 0.25) is 0 Å². The topological polar surface area (TPSA) is 84.5 Å². The molecule has 2 N–H and O–H groups in total. The van der Waals surface area contributed by atoms with Gasteiger partial charge >= 0.3 is 0 Å². The molecule has 0 fully saturated rings. The van der Waals surface area contributed by atoms with E-state index in [1.807, 2.05) is 37.3 Å². The highest BCUT2D eigenvalue weighted by molar-refractivity contribution is 7.88. The van der Waals surface area contributed by atoms with Gasteiger partial charge in [-0.3, -0.25) is 4.79 Å². The molecule has 0 heterocycles. The first kappa shape index (κ1) is 23.9. The Morgan fingerprint density at radius 3 is 2.20 bits per heavy atom. The van der Waals surface area contributed by atoms with Gasteiger partial charge in [-0.2, -0.15) is 0 Å². The molecule has 0 spiro atoms. The van der Waals surface area contributed by atoms with Gasteiger partial charge in [-0.1, -0.05) is 44.2 Å². The van der Waals surface area contributed by atoms with Gasteiger partial charge in [0.2, 0.25) is 10.0 Å². The molecule has 2 rings (SSSR count). The van der Waals surface area contributed by atoms with Gasteiger partial charge in [0.15, 0.2) is 6.61 Å². The molecule has 30 heavy (non-hydrogen) atoms. The lowest BCUT2D eigenvalue weighted by atomic mass is 9.98. The molecule has 6 nitrogen and oxygen atoms in total. The molecule has 0 unspecified atom stereocenters. The van der Waals surface area contributed by atoms with Crippen LogP contribution in [-0.2, 0) is 27.1 Å². The molecule has 0 aliphatic heterocycles. The van der Waals surface area contributed by atoms with E-state index in [0.29, 0.717) is 23.8 Å². The lowest BCUT2D eigenvalue weighted by molar-refractivity contribution is -0.123. The quantitative estimate of drug-likeness (QED) is 0.600. The number of carbonyl (C=O) groups is 1. The van der Waals surface area contributed by atoms with E-state index in [4.69, 9.17) is 4.74 Å². The van der Waals surface area contributed by atoms with Crippen molar-refractivity contribution in [2.75, 3.05) is 6.61 Å². The summed E-state index contributed by atoms with van der Waals surface area (Å²) in [5.74, 6) is 0.835. The van der Waals surface area contributed by atoms with Crippen LogP contribution in [0.15, 0.2) is 42.5 Å². The van der Waals surface area contributed by atoms with Crippen molar-refractivity contribution >= 4 is 15.9 Å². The van der Waals surface area contributed by atoms with E-state index in [1.54, 1.807) is 26.0 Å². The Balaban J connectivity index is 1.81. The monoisotopic (exact) mass is 432 g/mol. The highest BCUT2D eigenvalue weighted by Crippen LogP contribution is 2.23. The van der Waals surface area contributed by atoms with Crippen molar-refractivity contribution in [3.8, 4) is 5.75 Å². The molecule has 0 aliphatic rings. The minimum atomic E-state index is -3.35. The molecule has 7 heteroatoms. The van der Waals surface area contributed by atoms with Gasteiger partial charge in [-0.05, 0) is 61.1 Å². The smallest absolute Gasteiger partial charge is 0.258 e. The molecule has 0 saturated heterocycles. The third kappa shape index (κ3) is 7.80. The molecule has 0 atom stereocenters. The summed E-state index contributed by atoms with van der Waals surface area (Å²) in [7, 11) is -3.35. The van der Waals surface area contributed by atoms with E-state index >= 15 is 0 Å². The number of hydrogen-bond donors (Lipinski definition) is 2. The average Bonchev–Trinajstić information content (AvgIpc) is 2.64. The van der Waals surface area contributed by atoms with Crippen LogP contribution in [0, 0.1) is 6.92 Å². The van der Waals surface area contributed by atoms with Crippen molar-refractivity contribution in [1.29, 1.82) is 0 Å². The van der Waals surface area contributed by atoms with E-state index in [9.17, 15) is 13.2 Å². The van der Waals surface area contributed by atoms with Crippen molar-refractivity contribution in [2.24, 2.45) is 0 Å². The van der Waals surface area contributed by atoms with Crippen LogP contribution in [0.25, 0.3) is 0 Å². The van der Waals surface area contributed by atoms with Crippen molar-refractivity contribution in [3.63, 3.8) is 0 Å². The second-order valence-electron chi connectivity index (χ2n) is 8.09. The summed E-state index contributed by atoms with van der Waals surface area (Å²) < 4.78 is 32.1. The molecule has 0 saturated carbocycles. The summed E-state index contributed by atoms with van der Waals surface area (Å²) in [6.07, 6.45) is 0. The van der Waals surface area contributed by atoms with Crippen LogP contribution in [0.4, 0.5) is 0 Å². The zero-order chi connectivity index (χ0) is 22.3. The minimum absolute atomic E-state index is 0.0579. The first-order chi connectivity index (χ1) is 14.1. The molecule has 2 aromatic rings. The maximum atomic E-state index is 12.1. The Hall–Kier alpha value is -2.38. The number of amides is 1. The maximum Gasteiger partial charge on any atom is 0.258 e. The molecule has 0 aromatic heterocycles. The van der Waals surface area contributed by atoms with Gasteiger partial charge in [-0.15, -0.1) is 0 Å². The van der Waals surface area contributed by atoms with Crippen LogP contribution >= 0.6 is 0 Å². The maximum absolute atomic E-state index is 12.1. The van der Waals surface area contributed by atoms with Crippen LogP contribution in [0.3, 0.4) is 0 Å². The summed E-state index contributed by atoms with van der Waals surface area (Å²) in [6, 6.07) is 12.9.